The van der Waals surface area contributed by atoms with Crippen LogP contribution in [0.1, 0.15) is 13.8 Å². The third-order valence-corrected chi connectivity index (χ3v) is 1.17. The molecule has 0 N–H and O–H groups in total. The molecule has 0 spiro atoms. The molecular weight excluding hydrogens is 152 g/mol. The van der Waals surface area contributed by atoms with Crippen molar-refractivity contribution < 1.29 is 9.53 Å². The molecule has 0 unspecified atom stereocenters. The molecular formula is C10H14O2. The van der Waals surface area contributed by atoms with Crippen LogP contribution in [0.3, 0.4) is 0 Å². The van der Waals surface area contributed by atoms with Crippen molar-refractivity contribution in [3.63, 3.8) is 0 Å². The zero-order valence-electron chi connectivity index (χ0n) is 7.54. The maximum Gasteiger partial charge on any atom is 0.331 e. The summed E-state index contributed by atoms with van der Waals surface area (Å²) in [6.45, 7) is 7.61. The second-order valence-electron chi connectivity index (χ2n) is 2.10. The molecule has 12 heavy (non-hydrogen) atoms. The van der Waals surface area contributed by atoms with Crippen LogP contribution in [0.25, 0.3) is 0 Å². The van der Waals surface area contributed by atoms with Crippen molar-refractivity contribution in [1.29, 1.82) is 0 Å². The minimum atomic E-state index is -0.328. The van der Waals surface area contributed by atoms with Crippen LogP contribution >= 0.6 is 0 Å². The van der Waals surface area contributed by atoms with Crippen LogP contribution in [-0.4, -0.2) is 12.6 Å². The van der Waals surface area contributed by atoms with Gasteiger partial charge in [-0.05, 0) is 19.4 Å². The Morgan fingerprint density at radius 2 is 2.25 bits per heavy atom. The fourth-order valence-corrected chi connectivity index (χ4v) is 0.688. The molecule has 0 heterocycles. The Balaban J connectivity index is 4.27. The highest BCUT2D eigenvalue weighted by Gasteiger charge is 1.95. The van der Waals surface area contributed by atoms with Gasteiger partial charge in [0.15, 0.2) is 0 Å². The van der Waals surface area contributed by atoms with Crippen molar-refractivity contribution in [2.45, 2.75) is 13.8 Å². The first-order chi connectivity index (χ1) is 5.74. The summed E-state index contributed by atoms with van der Waals surface area (Å²) in [5.41, 5.74) is 0.760. The lowest BCUT2D eigenvalue weighted by Crippen LogP contribution is -1.99. The molecule has 0 bridgehead atoms. The van der Waals surface area contributed by atoms with E-state index in [0.29, 0.717) is 6.61 Å². The van der Waals surface area contributed by atoms with E-state index in [1.807, 2.05) is 13.0 Å². The van der Waals surface area contributed by atoms with Crippen molar-refractivity contribution in [2.24, 2.45) is 0 Å². The molecule has 0 rings (SSSR count). The topological polar surface area (TPSA) is 26.3 Å². The van der Waals surface area contributed by atoms with Gasteiger partial charge in [0, 0.05) is 6.08 Å². The Kier molecular flexibility index (Phi) is 5.70. The van der Waals surface area contributed by atoms with E-state index < -0.39 is 0 Å². The van der Waals surface area contributed by atoms with Crippen LogP contribution < -0.4 is 0 Å². The zero-order chi connectivity index (χ0) is 9.40. The largest absolute Gasteiger partial charge is 0.463 e. The van der Waals surface area contributed by atoms with E-state index in [1.54, 1.807) is 19.1 Å². The third-order valence-electron chi connectivity index (χ3n) is 1.17. The molecule has 0 aromatic rings. The first kappa shape index (κ1) is 10.7. The van der Waals surface area contributed by atoms with Crippen LogP contribution in [0.4, 0.5) is 0 Å². The summed E-state index contributed by atoms with van der Waals surface area (Å²) in [4.78, 5) is 10.9. The second-order valence-corrected chi connectivity index (χ2v) is 2.10. The van der Waals surface area contributed by atoms with E-state index >= 15 is 0 Å². The molecule has 0 saturated carbocycles. The summed E-state index contributed by atoms with van der Waals surface area (Å²) >= 11 is 0. The van der Waals surface area contributed by atoms with E-state index in [4.69, 9.17) is 4.74 Å². The Bertz CT molecular complexity index is 212. The first-order valence-electron chi connectivity index (χ1n) is 3.88. The first-order valence-corrected chi connectivity index (χ1v) is 3.88. The standard InChI is InChI=1S/C10H14O2/c1-4-7-9(5-2)8-10(11)12-6-3/h4-5,7-8H,2,6H2,1,3H3/b7-4+,9-8+. The van der Waals surface area contributed by atoms with E-state index in [2.05, 4.69) is 6.58 Å². The molecule has 2 heteroatoms. The monoisotopic (exact) mass is 166 g/mol. The Morgan fingerprint density at radius 3 is 2.67 bits per heavy atom. The van der Waals surface area contributed by atoms with Crippen LogP contribution in [-0.2, 0) is 9.53 Å². The highest BCUT2D eigenvalue weighted by atomic mass is 16.5. The molecule has 0 fully saturated rings. The minimum absolute atomic E-state index is 0.328. The Hall–Kier alpha value is -1.31. The highest BCUT2D eigenvalue weighted by molar-refractivity contribution is 5.83. The molecule has 0 aromatic carbocycles. The number of esters is 1. The van der Waals surface area contributed by atoms with Gasteiger partial charge in [0.05, 0.1) is 6.61 Å². The number of carbonyl (C=O) groups excluding carboxylic acids is 1. The van der Waals surface area contributed by atoms with Crippen LogP contribution in [0.5, 0.6) is 0 Å². The second kappa shape index (κ2) is 6.40. The number of allylic oxidation sites excluding steroid dienone is 4. The van der Waals surface area contributed by atoms with Gasteiger partial charge in [-0.1, -0.05) is 24.8 Å². The minimum Gasteiger partial charge on any atom is -0.463 e. The Labute approximate surface area is 73.2 Å². The molecule has 0 aliphatic heterocycles. The maximum absolute atomic E-state index is 10.9. The predicted molar refractivity (Wildman–Crippen MR) is 49.7 cm³/mol. The van der Waals surface area contributed by atoms with Crippen LogP contribution in [0, 0.1) is 0 Å². The lowest BCUT2D eigenvalue weighted by Gasteiger charge is -1.96. The van der Waals surface area contributed by atoms with Gasteiger partial charge in [-0.2, -0.15) is 0 Å². The van der Waals surface area contributed by atoms with E-state index in [0.717, 1.165) is 5.57 Å². The van der Waals surface area contributed by atoms with E-state index in [1.165, 1.54) is 6.08 Å². The molecule has 0 saturated heterocycles. The molecule has 0 aliphatic rings. The summed E-state index contributed by atoms with van der Waals surface area (Å²) < 4.78 is 4.72. The summed E-state index contributed by atoms with van der Waals surface area (Å²) in [6.07, 6.45) is 6.66. The van der Waals surface area contributed by atoms with Crippen molar-refractivity contribution >= 4 is 5.97 Å². The summed E-state index contributed by atoms with van der Waals surface area (Å²) in [6, 6.07) is 0. The fraction of sp³-hybridized carbons (Fsp3) is 0.300. The van der Waals surface area contributed by atoms with Crippen LogP contribution in [0.2, 0.25) is 0 Å². The van der Waals surface area contributed by atoms with Crippen molar-refractivity contribution in [3.05, 3.63) is 36.5 Å². The third kappa shape index (κ3) is 4.50. The van der Waals surface area contributed by atoms with Crippen molar-refractivity contribution in [3.8, 4) is 0 Å². The highest BCUT2D eigenvalue weighted by Crippen LogP contribution is 1.98. The van der Waals surface area contributed by atoms with E-state index in [-0.39, 0.29) is 5.97 Å². The number of hydrogen-bond donors (Lipinski definition) is 0. The molecule has 0 amide bonds. The summed E-state index contributed by atoms with van der Waals surface area (Å²) in [5, 5.41) is 0. The van der Waals surface area contributed by atoms with Crippen molar-refractivity contribution in [1.82, 2.24) is 0 Å². The number of hydrogen-bond acceptors (Lipinski definition) is 2. The average Bonchev–Trinajstić information content (AvgIpc) is 2.04. The summed E-state index contributed by atoms with van der Waals surface area (Å²) in [7, 11) is 0. The molecule has 0 atom stereocenters. The number of ether oxygens (including phenoxy) is 1. The average molecular weight is 166 g/mol. The van der Waals surface area contributed by atoms with Gasteiger partial charge in [0.25, 0.3) is 0 Å². The van der Waals surface area contributed by atoms with Gasteiger partial charge >= 0.3 is 5.97 Å². The van der Waals surface area contributed by atoms with Gasteiger partial charge in [-0.15, -0.1) is 0 Å². The van der Waals surface area contributed by atoms with Gasteiger partial charge in [0.2, 0.25) is 0 Å². The number of rotatable bonds is 4. The molecule has 0 radical (unpaired) electrons. The molecule has 66 valence electrons. The van der Waals surface area contributed by atoms with Gasteiger partial charge in [-0.3, -0.25) is 0 Å². The smallest absolute Gasteiger partial charge is 0.331 e. The quantitative estimate of drug-likeness (QED) is 0.363. The van der Waals surface area contributed by atoms with Gasteiger partial charge in [0.1, 0.15) is 0 Å². The predicted octanol–water partition coefficient (Wildman–Crippen LogP) is 2.24. The summed E-state index contributed by atoms with van der Waals surface area (Å²) in [5.74, 6) is -0.328. The van der Waals surface area contributed by atoms with Crippen LogP contribution in [0.15, 0.2) is 36.5 Å². The van der Waals surface area contributed by atoms with Gasteiger partial charge in [-0.25, -0.2) is 4.79 Å². The van der Waals surface area contributed by atoms with Crippen molar-refractivity contribution in [2.75, 3.05) is 6.61 Å². The lowest BCUT2D eigenvalue weighted by atomic mass is 10.2. The zero-order valence-corrected chi connectivity index (χ0v) is 7.54. The number of carbonyl (C=O) groups is 1. The van der Waals surface area contributed by atoms with Gasteiger partial charge < -0.3 is 4.74 Å². The Morgan fingerprint density at radius 1 is 1.58 bits per heavy atom. The molecule has 2 nitrogen and oxygen atoms in total. The lowest BCUT2D eigenvalue weighted by molar-refractivity contribution is -0.137. The van der Waals surface area contributed by atoms with E-state index in [9.17, 15) is 4.79 Å². The molecule has 0 aliphatic carbocycles. The fourth-order valence-electron chi connectivity index (χ4n) is 0.688. The SMILES string of the molecule is C=CC(/C=C/C)=C\C(=O)OCC. The normalized spacial score (nSPS) is 11.7. The maximum atomic E-state index is 10.9. The molecule has 0 aromatic heterocycles.